The predicted octanol–water partition coefficient (Wildman–Crippen LogP) is -0.659. The zero-order valence-corrected chi connectivity index (χ0v) is 14.1. The van der Waals surface area contributed by atoms with Gasteiger partial charge in [-0.3, -0.25) is 9.09 Å². The molecule has 130 valence electrons. The van der Waals surface area contributed by atoms with Crippen molar-refractivity contribution in [1.29, 1.82) is 0 Å². The summed E-state index contributed by atoms with van der Waals surface area (Å²) in [6.07, 6.45) is -2.04. The summed E-state index contributed by atoms with van der Waals surface area (Å²) in [7, 11) is 1.67. The number of ether oxygens (including phenoxy) is 1. The quantitative estimate of drug-likeness (QED) is 0.496. The molecule has 0 saturated carbocycles. The number of imidazole rings is 1. The highest BCUT2D eigenvalue weighted by Crippen LogP contribution is 2.53. The second-order valence-electron chi connectivity index (χ2n) is 5.38. The maximum atomic E-state index is 10.6. The van der Waals surface area contributed by atoms with Gasteiger partial charge in [-0.05, 0) is 11.8 Å². The fraction of sp³-hybridized carbons (Fsp3) is 0.545. The summed E-state index contributed by atoms with van der Waals surface area (Å²) >= 11 is 4.84. The van der Waals surface area contributed by atoms with E-state index in [1.807, 2.05) is 0 Å². The van der Waals surface area contributed by atoms with Crippen LogP contribution in [0.15, 0.2) is 6.33 Å². The number of nitrogen functional groups attached to an aromatic ring is 1. The average molecular weight is 374 g/mol. The molecule has 11 nitrogen and oxygen atoms in total. The van der Waals surface area contributed by atoms with E-state index in [2.05, 4.69) is 20.3 Å². The van der Waals surface area contributed by atoms with Crippen LogP contribution in [-0.2, 0) is 25.6 Å². The van der Waals surface area contributed by atoms with Crippen LogP contribution in [0.5, 0.6) is 0 Å². The smallest absolute Gasteiger partial charge is 0.325 e. The number of anilines is 2. The molecule has 0 aliphatic carbocycles. The molecule has 0 radical (unpaired) electrons. The summed E-state index contributed by atoms with van der Waals surface area (Å²) in [5.41, 5.74) is 6.62. The lowest BCUT2D eigenvalue weighted by Gasteiger charge is -2.30. The van der Waals surface area contributed by atoms with Crippen molar-refractivity contribution in [2.75, 3.05) is 24.7 Å². The van der Waals surface area contributed by atoms with E-state index in [1.165, 1.54) is 6.33 Å². The first-order valence-electron chi connectivity index (χ1n) is 7.06. The third-order valence-electron chi connectivity index (χ3n) is 3.95. The van der Waals surface area contributed by atoms with Crippen molar-refractivity contribution < 1.29 is 23.8 Å². The van der Waals surface area contributed by atoms with E-state index in [9.17, 15) is 10.00 Å². The zero-order valence-electron chi connectivity index (χ0n) is 12.4. The Morgan fingerprint density at radius 2 is 2.29 bits per heavy atom. The highest BCUT2D eigenvalue weighted by molar-refractivity contribution is 8.07. The molecule has 0 amide bonds. The van der Waals surface area contributed by atoms with Crippen LogP contribution in [0.2, 0.25) is 0 Å². The first kappa shape index (κ1) is 16.1. The second-order valence-corrected chi connectivity index (χ2v) is 8.17. The van der Waals surface area contributed by atoms with Crippen molar-refractivity contribution in [2.24, 2.45) is 0 Å². The first-order valence-corrected chi connectivity index (χ1v) is 9.66. The van der Waals surface area contributed by atoms with Gasteiger partial charge >= 0.3 is 6.72 Å². The summed E-state index contributed by atoms with van der Waals surface area (Å²) in [5, 5.41) is 13.6. The number of aromatic nitrogens is 4. The minimum Gasteiger partial charge on any atom is -0.386 e. The van der Waals surface area contributed by atoms with E-state index >= 15 is 0 Å². The van der Waals surface area contributed by atoms with Crippen molar-refractivity contribution in [2.45, 2.75) is 24.5 Å². The summed E-state index contributed by atoms with van der Waals surface area (Å²) < 4.78 is 17.8. The normalized spacial score (nSPS) is 36.0. The molecule has 0 spiro atoms. The molecule has 2 aromatic rings. The second kappa shape index (κ2) is 5.56. The molecule has 2 aliphatic heterocycles. The van der Waals surface area contributed by atoms with E-state index in [0.29, 0.717) is 17.1 Å². The number of rotatable bonds is 2. The van der Waals surface area contributed by atoms with Gasteiger partial charge in [-0.2, -0.15) is 0 Å². The van der Waals surface area contributed by atoms with Crippen LogP contribution in [0.1, 0.15) is 6.23 Å². The monoisotopic (exact) mass is 374 g/mol. The Hall–Kier alpha value is -1.40. The number of nitrogens with two attached hydrogens (primary N) is 1. The van der Waals surface area contributed by atoms with Gasteiger partial charge in [0.05, 0.1) is 6.61 Å². The molecule has 0 bridgehead atoms. The number of hydrogen-bond donors (Lipinski definition) is 4. The van der Waals surface area contributed by atoms with Crippen LogP contribution >= 0.6 is 6.72 Å². The minimum absolute atomic E-state index is 0.0324. The molecule has 4 heterocycles. The van der Waals surface area contributed by atoms with Crippen LogP contribution in [0.25, 0.3) is 11.2 Å². The largest absolute Gasteiger partial charge is 0.386 e. The number of hydrogen-bond acceptors (Lipinski definition) is 10. The molecule has 1 unspecified atom stereocenters. The van der Waals surface area contributed by atoms with Gasteiger partial charge in [-0.25, -0.2) is 15.0 Å². The van der Waals surface area contributed by atoms with E-state index in [1.54, 1.807) is 11.6 Å². The molecule has 24 heavy (non-hydrogen) atoms. The Morgan fingerprint density at radius 1 is 1.50 bits per heavy atom. The van der Waals surface area contributed by atoms with Crippen LogP contribution in [0, 0.1) is 0 Å². The molecular formula is C11H15N6O5PS. The summed E-state index contributed by atoms with van der Waals surface area (Å²) in [6.45, 7) is -3.33. The number of fused-ring (bicyclic) bond motifs is 2. The topological polar surface area (TPSA) is 150 Å². The van der Waals surface area contributed by atoms with Crippen LogP contribution in [0.3, 0.4) is 0 Å². The van der Waals surface area contributed by atoms with Gasteiger partial charge in [0.2, 0.25) is 5.95 Å². The fourth-order valence-electron chi connectivity index (χ4n) is 2.89. The van der Waals surface area contributed by atoms with E-state index < -0.39 is 31.3 Å². The fourth-order valence-corrected chi connectivity index (χ4v) is 4.34. The lowest BCUT2D eigenvalue weighted by atomic mass is 10.1. The molecule has 5 atom stereocenters. The molecule has 4 rings (SSSR count). The first-order chi connectivity index (χ1) is 11.4. The highest BCUT2D eigenvalue weighted by atomic mass is 32.5. The van der Waals surface area contributed by atoms with Gasteiger partial charge in [-0.1, -0.05) is 0 Å². The number of nitrogens with zero attached hydrogens (tertiary/aromatic N) is 4. The minimum atomic E-state index is -3.36. The van der Waals surface area contributed by atoms with Crippen molar-refractivity contribution in [3.8, 4) is 0 Å². The lowest BCUT2D eigenvalue weighted by molar-refractivity contribution is -0.0586. The maximum absolute atomic E-state index is 10.6. The Labute approximate surface area is 141 Å². The van der Waals surface area contributed by atoms with Crippen molar-refractivity contribution >= 4 is 41.5 Å². The molecule has 2 aliphatic rings. The molecule has 2 saturated heterocycles. The van der Waals surface area contributed by atoms with Gasteiger partial charge in [0.1, 0.15) is 24.6 Å². The SMILES string of the molecule is CNc1nc2c(N)ncnc2n1[C@@H]1O[C@@H]2COP(O)(=S)O[C@H]2[C@H]1O. The molecule has 0 aromatic carbocycles. The maximum Gasteiger partial charge on any atom is 0.325 e. The van der Waals surface area contributed by atoms with Crippen LogP contribution in [0.4, 0.5) is 11.8 Å². The van der Waals surface area contributed by atoms with E-state index in [-0.39, 0.29) is 12.4 Å². The molecule has 2 aromatic heterocycles. The highest BCUT2D eigenvalue weighted by Gasteiger charge is 2.51. The third-order valence-corrected chi connectivity index (χ3v) is 5.51. The molecule has 2 fully saturated rings. The Balaban J connectivity index is 1.78. The van der Waals surface area contributed by atoms with Crippen molar-refractivity contribution in [3.05, 3.63) is 6.33 Å². The van der Waals surface area contributed by atoms with Gasteiger partial charge in [-0.15, -0.1) is 0 Å². The summed E-state index contributed by atoms with van der Waals surface area (Å²) in [4.78, 5) is 22.2. The molecular weight excluding hydrogens is 359 g/mol. The van der Waals surface area contributed by atoms with Crippen molar-refractivity contribution in [1.82, 2.24) is 19.5 Å². The van der Waals surface area contributed by atoms with E-state index in [4.69, 9.17) is 31.3 Å². The van der Waals surface area contributed by atoms with Gasteiger partial charge in [0.25, 0.3) is 0 Å². The average Bonchev–Trinajstić information content (AvgIpc) is 3.06. The Morgan fingerprint density at radius 3 is 3.04 bits per heavy atom. The number of aliphatic hydroxyl groups is 1. The molecule has 13 heteroatoms. The third kappa shape index (κ3) is 2.39. The lowest BCUT2D eigenvalue weighted by Crippen LogP contribution is -2.39. The Kier molecular flexibility index (Phi) is 3.73. The Bertz CT molecular complexity index is 848. The van der Waals surface area contributed by atoms with E-state index in [0.717, 1.165) is 0 Å². The molecule has 5 N–H and O–H groups in total. The van der Waals surface area contributed by atoms with Gasteiger partial charge in [0.15, 0.2) is 23.2 Å². The predicted molar refractivity (Wildman–Crippen MR) is 86.5 cm³/mol. The summed E-state index contributed by atoms with van der Waals surface area (Å²) in [5.74, 6) is 0.606. The van der Waals surface area contributed by atoms with Gasteiger partial charge < -0.3 is 30.3 Å². The van der Waals surface area contributed by atoms with Gasteiger partial charge in [0, 0.05) is 7.05 Å². The van der Waals surface area contributed by atoms with Crippen LogP contribution < -0.4 is 11.1 Å². The standard InChI is InChI=1S/C11H15N6O5PS/c1-13-11-16-5-8(12)14-3-15-9(5)17(11)10-6(18)7-4(21-10)2-20-23(19,24)22-7/h3-4,6-7,10,18H,2H2,1H3,(H,13,16)(H,19,24)(H2,12,14,15)/t4-,6-,7-,10-,23?/m1/s1. The van der Waals surface area contributed by atoms with Crippen LogP contribution in [-0.4, -0.2) is 61.5 Å². The number of aliphatic hydroxyl groups excluding tert-OH is 1. The number of nitrogens with one attached hydrogen (secondary N) is 1. The zero-order chi connectivity index (χ0) is 17.1. The summed E-state index contributed by atoms with van der Waals surface area (Å²) in [6, 6.07) is 0. The van der Waals surface area contributed by atoms with Crippen molar-refractivity contribution in [3.63, 3.8) is 0 Å².